The highest BCUT2D eigenvalue weighted by atomic mass is 16.6. The summed E-state index contributed by atoms with van der Waals surface area (Å²) in [6.45, 7) is 7.98. The van der Waals surface area contributed by atoms with Gasteiger partial charge in [0.25, 0.3) is 0 Å². The minimum atomic E-state index is -1.08. The topological polar surface area (TPSA) is 87.0 Å². The Balaban J connectivity index is 2.06. The van der Waals surface area contributed by atoms with Gasteiger partial charge in [-0.25, -0.2) is 0 Å². The second-order valence-corrected chi connectivity index (χ2v) is 8.89. The Morgan fingerprint density at radius 1 is 1.20 bits per heavy atom. The summed E-state index contributed by atoms with van der Waals surface area (Å²) in [5.74, 6) is -1.07. The molecule has 1 spiro atoms. The summed E-state index contributed by atoms with van der Waals surface area (Å²) < 4.78 is 5.63. The summed E-state index contributed by atoms with van der Waals surface area (Å²) in [5, 5.41) is 32.5. The largest absolute Gasteiger partial charge is 0.504 e. The molecule has 4 aliphatic rings. The molecule has 0 radical (unpaired) electrons. The molecule has 25 heavy (non-hydrogen) atoms. The van der Waals surface area contributed by atoms with Gasteiger partial charge in [0.1, 0.15) is 5.41 Å². The standard InChI is InChI=1S/C20H26O5/c1-9(2)10-8-11-12(14(22)13(10)21)20-7-5-6-19(3,4)17(20)15(23)16(11)25-18(20)24/h8-9,15-17,21-23H,5-7H2,1-4H3/t15-,16+,17+,20-/m0/s1. The zero-order valence-corrected chi connectivity index (χ0v) is 15.2. The van der Waals surface area contributed by atoms with Gasteiger partial charge < -0.3 is 20.1 Å². The normalized spacial score (nSPS) is 35.3. The van der Waals surface area contributed by atoms with Crippen LogP contribution in [-0.4, -0.2) is 27.4 Å². The number of fused-ring (bicyclic) bond motifs is 1. The first-order valence-corrected chi connectivity index (χ1v) is 9.11. The van der Waals surface area contributed by atoms with Gasteiger partial charge in [0.15, 0.2) is 17.6 Å². The van der Waals surface area contributed by atoms with Crippen LogP contribution in [0.2, 0.25) is 0 Å². The molecule has 5 rings (SSSR count). The van der Waals surface area contributed by atoms with Crippen molar-refractivity contribution < 1.29 is 24.9 Å². The van der Waals surface area contributed by atoms with E-state index in [2.05, 4.69) is 13.8 Å². The van der Waals surface area contributed by atoms with Crippen molar-refractivity contribution in [3.05, 3.63) is 22.8 Å². The van der Waals surface area contributed by atoms with Crippen molar-refractivity contribution in [2.75, 3.05) is 0 Å². The fourth-order valence-electron chi connectivity index (χ4n) is 5.71. The number of carbonyl (C=O) groups excluding carboxylic acids is 1. The lowest BCUT2D eigenvalue weighted by molar-refractivity contribution is -0.213. The fourth-order valence-corrected chi connectivity index (χ4v) is 5.71. The number of phenols is 2. The molecule has 5 heteroatoms. The van der Waals surface area contributed by atoms with Crippen molar-refractivity contribution in [3.63, 3.8) is 0 Å². The fraction of sp³-hybridized carbons (Fsp3) is 0.650. The quantitative estimate of drug-likeness (QED) is 0.537. The molecule has 2 aliphatic carbocycles. The van der Waals surface area contributed by atoms with E-state index in [4.69, 9.17) is 4.74 Å². The Labute approximate surface area is 147 Å². The summed E-state index contributed by atoms with van der Waals surface area (Å²) in [5.41, 5.74) is 0.405. The molecule has 136 valence electrons. The number of phenolic OH excluding ortho intramolecular Hbond substituents is 2. The van der Waals surface area contributed by atoms with Crippen LogP contribution in [0.1, 0.15) is 75.7 Å². The van der Waals surface area contributed by atoms with Crippen LogP contribution >= 0.6 is 0 Å². The Hall–Kier alpha value is -1.75. The van der Waals surface area contributed by atoms with Crippen LogP contribution in [-0.2, 0) is 14.9 Å². The van der Waals surface area contributed by atoms with Crippen molar-refractivity contribution in [3.8, 4) is 11.5 Å². The molecule has 0 aromatic heterocycles. The number of carbonyl (C=O) groups is 1. The van der Waals surface area contributed by atoms with Crippen LogP contribution in [0.25, 0.3) is 0 Å². The number of ether oxygens (including phenoxy) is 1. The highest BCUT2D eigenvalue weighted by Gasteiger charge is 2.68. The van der Waals surface area contributed by atoms with Gasteiger partial charge in [-0.1, -0.05) is 34.1 Å². The lowest BCUT2D eigenvalue weighted by atomic mass is 9.46. The van der Waals surface area contributed by atoms with Gasteiger partial charge in [0.05, 0.1) is 6.10 Å². The van der Waals surface area contributed by atoms with Crippen LogP contribution in [0.4, 0.5) is 0 Å². The maximum absolute atomic E-state index is 13.0. The van der Waals surface area contributed by atoms with Crippen molar-refractivity contribution in [1.82, 2.24) is 0 Å². The number of esters is 1. The molecular weight excluding hydrogens is 320 g/mol. The van der Waals surface area contributed by atoms with Gasteiger partial charge in [0, 0.05) is 22.6 Å². The van der Waals surface area contributed by atoms with Gasteiger partial charge >= 0.3 is 5.97 Å². The molecule has 0 unspecified atom stereocenters. The lowest BCUT2D eigenvalue weighted by Crippen LogP contribution is -2.65. The molecule has 5 nitrogen and oxygen atoms in total. The Bertz CT molecular complexity index is 766. The maximum Gasteiger partial charge on any atom is 0.317 e. The molecule has 4 atom stereocenters. The molecule has 1 saturated carbocycles. The molecule has 2 aliphatic heterocycles. The monoisotopic (exact) mass is 346 g/mol. The van der Waals surface area contributed by atoms with Crippen molar-refractivity contribution in [2.45, 2.75) is 70.5 Å². The molecule has 3 N–H and O–H groups in total. The molecule has 1 saturated heterocycles. The highest BCUT2D eigenvalue weighted by molar-refractivity contribution is 5.90. The van der Waals surface area contributed by atoms with Crippen LogP contribution in [0.3, 0.4) is 0 Å². The number of aromatic hydroxyl groups is 2. The van der Waals surface area contributed by atoms with Gasteiger partial charge in [-0.3, -0.25) is 4.79 Å². The van der Waals surface area contributed by atoms with Crippen molar-refractivity contribution in [1.29, 1.82) is 0 Å². The van der Waals surface area contributed by atoms with E-state index in [1.54, 1.807) is 6.07 Å². The minimum absolute atomic E-state index is 0.000547. The average molecular weight is 346 g/mol. The van der Waals surface area contributed by atoms with E-state index >= 15 is 0 Å². The number of hydrogen-bond acceptors (Lipinski definition) is 5. The molecule has 1 aromatic carbocycles. The van der Waals surface area contributed by atoms with Gasteiger partial charge in [-0.2, -0.15) is 0 Å². The molecular formula is C20H26O5. The number of rotatable bonds is 1. The predicted octanol–water partition coefficient (Wildman–Crippen LogP) is 3.26. The third-order valence-electron chi connectivity index (χ3n) is 6.72. The van der Waals surface area contributed by atoms with Crippen LogP contribution < -0.4 is 0 Å². The summed E-state index contributed by atoms with van der Waals surface area (Å²) in [7, 11) is 0. The smallest absolute Gasteiger partial charge is 0.317 e. The Kier molecular flexibility index (Phi) is 3.28. The first-order chi connectivity index (χ1) is 11.6. The molecule has 2 bridgehead atoms. The van der Waals surface area contributed by atoms with Gasteiger partial charge in [-0.15, -0.1) is 0 Å². The van der Waals surface area contributed by atoms with E-state index < -0.39 is 17.6 Å². The molecule has 0 amide bonds. The maximum atomic E-state index is 13.0. The number of aliphatic hydroxyl groups excluding tert-OH is 1. The van der Waals surface area contributed by atoms with E-state index in [0.717, 1.165) is 12.8 Å². The van der Waals surface area contributed by atoms with E-state index in [1.165, 1.54) is 0 Å². The number of aliphatic hydroxyl groups is 1. The molecule has 2 heterocycles. The van der Waals surface area contributed by atoms with Gasteiger partial charge in [0.2, 0.25) is 0 Å². The average Bonchev–Trinajstić information content (AvgIpc) is 2.51. The third-order valence-corrected chi connectivity index (χ3v) is 6.72. The Morgan fingerprint density at radius 2 is 1.88 bits per heavy atom. The summed E-state index contributed by atoms with van der Waals surface area (Å²) in [4.78, 5) is 13.0. The van der Waals surface area contributed by atoms with E-state index in [0.29, 0.717) is 23.1 Å². The van der Waals surface area contributed by atoms with E-state index in [9.17, 15) is 20.1 Å². The second kappa shape index (κ2) is 4.91. The van der Waals surface area contributed by atoms with Crippen LogP contribution in [0.15, 0.2) is 6.07 Å². The Morgan fingerprint density at radius 3 is 2.52 bits per heavy atom. The first-order valence-electron chi connectivity index (χ1n) is 9.11. The highest BCUT2D eigenvalue weighted by Crippen LogP contribution is 2.66. The summed E-state index contributed by atoms with van der Waals surface area (Å²) in [6, 6.07) is 1.80. The molecule has 2 fully saturated rings. The zero-order chi connectivity index (χ0) is 18.3. The third kappa shape index (κ3) is 1.85. The van der Waals surface area contributed by atoms with Crippen LogP contribution in [0, 0.1) is 11.3 Å². The first kappa shape index (κ1) is 16.7. The predicted molar refractivity (Wildman–Crippen MR) is 91.5 cm³/mol. The lowest BCUT2D eigenvalue weighted by Gasteiger charge is -2.60. The van der Waals surface area contributed by atoms with Crippen molar-refractivity contribution >= 4 is 5.97 Å². The van der Waals surface area contributed by atoms with Crippen molar-refractivity contribution in [2.24, 2.45) is 11.3 Å². The molecule has 1 aromatic rings. The minimum Gasteiger partial charge on any atom is -0.504 e. The summed E-state index contributed by atoms with van der Waals surface area (Å²) in [6.07, 6.45) is 0.648. The van der Waals surface area contributed by atoms with Gasteiger partial charge in [-0.05, 0) is 30.2 Å². The SMILES string of the molecule is CC(C)c1cc2c(c(O)c1O)[C@@]13CCCC(C)(C)[C@H]1[C@@H](O)[C@@H]2OC3=O. The van der Waals surface area contributed by atoms with E-state index in [1.807, 2.05) is 13.8 Å². The van der Waals surface area contributed by atoms with E-state index in [-0.39, 0.29) is 34.7 Å². The number of hydrogen-bond donors (Lipinski definition) is 3. The zero-order valence-electron chi connectivity index (χ0n) is 15.2. The summed E-state index contributed by atoms with van der Waals surface area (Å²) >= 11 is 0. The second-order valence-electron chi connectivity index (χ2n) is 8.89. The van der Waals surface area contributed by atoms with Crippen LogP contribution in [0.5, 0.6) is 11.5 Å². The number of benzene rings is 1.